The molecule has 0 amide bonds. The van der Waals surface area contributed by atoms with Gasteiger partial charge >= 0.3 is 0 Å². The largest absolute Gasteiger partial charge is 0.310 e. The van der Waals surface area contributed by atoms with E-state index >= 15 is 0 Å². The molecule has 0 aliphatic carbocycles. The fourth-order valence-corrected chi connectivity index (χ4v) is 5.20. The number of aryl methyl sites for hydroxylation is 1. The highest BCUT2D eigenvalue weighted by Crippen LogP contribution is 2.36. The summed E-state index contributed by atoms with van der Waals surface area (Å²) in [6.45, 7) is 2.17. The quantitative estimate of drug-likeness (QED) is 0.212. The van der Waals surface area contributed by atoms with Gasteiger partial charge in [-0.15, -0.1) is 0 Å². The van der Waals surface area contributed by atoms with E-state index in [1.165, 1.54) is 16.3 Å². The molecule has 2 heteroatoms. The van der Waals surface area contributed by atoms with Gasteiger partial charge in [0.2, 0.25) is 0 Å². The SMILES string of the molecule is Cc1cc(N(c2ccccc2)c2ccccc2)ccccc2cc(N(c3ccccc3)c3ccccc3)ccc2c1. The molecule has 0 N–H and O–H groups in total. The summed E-state index contributed by atoms with van der Waals surface area (Å²) in [5.41, 5.74) is 7.89. The molecule has 41 heavy (non-hydrogen) atoms. The van der Waals surface area contributed by atoms with Crippen molar-refractivity contribution in [3.05, 3.63) is 181 Å². The normalized spacial score (nSPS) is 10.6. The van der Waals surface area contributed by atoms with E-state index in [4.69, 9.17) is 0 Å². The Morgan fingerprint density at radius 1 is 0.293 bits per heavy atom. The fourth-order valence-electron chi connectivity index (χ4n) is 5.20. The highest BCUT2D eigenvalue weighted by atomic mass is 15.1. The Bertz CT molecular complexity index is 1700. The van der Waals surface area contributed by atoms with Gasteiger partial charge in [0.05, 0.1) is 0 Å². The van der Waals surface area contributed by atoms with Crippen molar-refractivity contribution in [2.45, 2.75) is 6.92 Å². The first-order chi connectivity index (χ1) is 20.3. The number of para-hydroxylation sites is 4. The summed E-state index contributed by atoms with van der Waals surface area (Å²) in [6.07, 6.45) is 0. The van der Waals surface area contributed by atoms with Gasteiger partial charge in [0.1, 0.15) is 0 Å². The maximum atomic E-state index is 2.30. The molecule has 0 spiro atoms. The van der Waals surface area contributed by atoms with E-state index in [2.05, 4.69) is 193 Å². The van der Waals surface area contributed by atoms with E-state index in [0.717, 1.165) is 34.1 Å². The van der Waals surface area contributed by atoms with E-state index in [1.807, 2.05) is 0 Å². The molecule has 0 heterocycles. The molecule has 0 atom stereocenters. The molecule has 0 saturated carbocycles. The molecule has 0 aliphatic rings. The third-order valence-corrected chi connectivity index (χ3v) is 7.06. The summed E-state index contributed by atoms with van der Waals surface area (Å²) in [4.78, 5) is 4.60. The Morgan fingerprint density at radius 2 is 0.634 bits per heavy atom. The first kappa shape index (κ1) is 25.9. The maximum absolute atomic E-state index is 2.30. The first-order valence-electron chi connectivity index (χ1n) is 14.0. The van der Waals surface area contributed by atoms with Crippen LogP contribution < -0.4 is 9.80 Å². The Balaban J connectivity index is 1.47. The molecule has 0 bridgehead atoms. The molecule has 0 aromatic heterocycles. The van der Waals surface area contributed by atoms with Gasteiger partial charge in [0.15, 0.2) is 0 Å². The molecule has 2 nitrogen and oxygen atoms in total. The number of rotatable bonds is 6. The molecule has 6 rings (SSSR count). The molecule has 6 aromatic carbocycles. The van der Waals surface area contributed by atoms with Gasteiger partial charge in [-0.1, -0.05) is 103 Å². The zero-order chi connectivity index (χ0) is 27.9. The average Bonchev–Trinajstić information content (AvgIpc) is 3.02. The highest BCUT2D eigenvalue weighted by molar-refractivity contribution is 5.89. The zero-order valence-electron chi connectivity index (χ0n) is 23.1. The Kier molecular flexibility index (Phi) is 7.73. The van der Waals surface area contributed by atoms with Gasteiger partial charge in [-0.3, -0.25) is 0 Å². The Labute approximate surface area is 242 Å². The zero-order valence-corrected chi connectivity index (χ0v) is 23.1. The molecule has 6 aromatic rings. The van der Waals surface area contributed by atoms with Gasteiger partial charge < -0.3 is 9.80 Å². The van der Waals surface area contributed by atoms with E-state index < -0.39 is 0 Å². The summed E-state index contributed by atoms with van der Waals surface area (Å²) in [6, 6.07) is 62.0. The number of hydrogen-bond donors (Lipinski definition) is 0. The summed E-state index contributed by atoms with van der Waals surface area (Å²) in [5, 5.41) is 2.35. The minimum absolute atomic E-state index is 1.10. The monoisotopic (exact) mass is 528 g/mol. The van der Waals surface area contributed by atoms with Crippen LogP contribution in [0.2, 0.25) is 0 Å². The van der Waals surface area contributed by atoms with Crippen molar-refractivity contribution in [1.82, 2.24) is 0 Å². The number of fused-ring (bicyclic) bond motifs is 1. The number of anilines is 6. The van der Waals surface area contributed by atoms with Gasteiger partial charge in [0, 0.05) is 34.1 Å². The molecule has 0 unspecified atom stereocenters. The Hall–Kier alpha value is -5.34. The van der Waals surface area contributed by atoms with Crippen LogP contribution in [-0.2, 0) is 0 Å². The van der Waals surface area contributed by atoms with Crippen LogP contribution in [-0.4, -0.2) is 0 Å². The summed E-state index contributed by atoms with van der Waals surface area (Å²) in [7, 11) is 0. The molecule has 0 aliphatic heterocycles. The minimum atomic E-state index is 1.10. The van der Waals surface area contributed by atoms with Crippen LogP contribution in [0.3, 0.4) is 0 Å². The van der Waals surface area contributed by atoms with Gasteiger partial charge in [-0.05, 0) is 96.1 Å². The second-order valence-electron chi connectivity index (χ2n) is 10.0. The van der Waals surface area contributed by atoms with Crippen LogP contribution in [0.4, 0.5) is 34.1 Å². The first-order valence-corrected chi connectivity index (χ1v) is 14.0. The van der Waals surface area contributed by atoms with Crippen molar-refractivity contribution in [1.29, 1.82) is 0 Å². The number of benzene rings is 5. The summed E-state index contributed by atoms with van der Waals surface area (Å²) in [5.74, 6) is 0. The predicted octanol–water partition coefficient (Wildman–Crippen LogP) is 11.2. The van der Waals surface area contributed by atoms with E-state index in [9.17, 15) is 0 Å². The summed E-state index contributed by atoms with van der Waals surface area (Å²) < 4.78 is 0. The molecule has 198 valence electrons. The third-order valence-electron chi connectivity index (χ3n) is 7.06. The summed E-state index contributed by atoms with van der Waals surface area (Å²) >= 11 is 0. The highest BCUT2D eigenvalue weighted by Gasteiger charge is 2.13. The lowest BCUT2D eigenvalue weighted by atomic mass is 10.1. The van der Waals surface area contributed by atoms with Crippen molar-refractivity contribution in [3.8, 4) is 0 Å². The predicted molar refractivity (Wildman–Crippen MR) is 176 cm³/mol. The van der Waals surface area contributed by atoms with Crippen LogP contribution in [0, 0.1) is 6.92 Å². The lowest BCUT2D eigenvalue weighted by Crippen LogP contribution is -2.09. The maximum Gasteiger partial charge on any atom is 0.0468 e. The second kappa shape index (κ2) is 12.2. The molecule has 0 fully saturated rings. The van der Waals surface area contributed by atoms with Gasteiger partial charge in [-0.25, -0.2) is 0 Å². The van der Waals surface area contributed by atoms with Crippen molar-refractivity contribution in [2.24, 2.45) is 0 Å². The Morgan fingerprint density at radius 3 is 1.10 bits per heavy atom. The van der Waals surface area contributed by atoms with E-state index in [1.54, 1.807) is 0 Å². The third kappa shape index (κ3) is 5.98. The molecular weight excluding hydrogens is 496 g/mol. The van der Waals surface area contributed by atoms with Crippen molar-refractivity contribution < 1.29 is 0 Å². The number of nitrogens with zero attached hydrogens (tertiary/aromatic N) is 2. The van der Waals surface area contributed by atoms with Gasteiger partial charge in [-0.2, -0.15) is 0 Å². The minimum Gasteiger partial charge on any atom is -0.310 e. The number of hydrogen-bond acceptors (Lipinski definition) is 2. The fraction of sp³-hybridized carbons (Fsp3) is 0.0256. The lowest BCUT2D eigenvalue weighted by molar-refractivity contribution is 1.28. The van der Waals surface area contributed by atoms with Crippen molar-refractivity contribution in [3.63, 3.8) is 0 Å². The van der Waals surface area contributed by atoms with Crippen LogP contribution >= 0.6 is 0 Å². The average molecular weight is 529 g/mol. The molecule has 0 radical (unpaired) electrons. The van der Waals surface area contributed by atoms with E-state index in [-0.39, 0.29) is 0 Å². The standard InChI is InChI=1S/C39H32N2/c1-31-28-33-26-27-39(41(36-21-10-4-11-22-36)37-23-12-5-13-24-37)30-32(33)16-14-15-25-38(29-31)40(34-17-6-2-7-18-34)35-19-8-3-9-20-35/h2-30H,1H3. The van der Waals surface area contributed by atoms with Crippen LogP contribution in [0.5, 0.6) is 0 Å². The van der Waals surface area contributed by atoms with Crippen molar-refractivity contribution in [2.75, 3.05) is 9.80 Å². The molecule has 0 saturated heterocycles. The smallest absolute Gasteiger partial charge is 0.0468 e. The van der Waals surface area contributed by atoms with Crippen molar-refractivity contribution >= 4 is 44.9 Å². The van der Waals surface area contributed by atoms with Crippen LogP contribution in [0.1, 0.15) is 5.56 Å². The van der Waals surface area contributed by atoms with Crippen LogP contribution in [0.25, 0.3) is 10.8 Å². The van der Waals surface area contributed by atoms with E-state index in [0.29, 0.717) is 0 Å². The topological polar surface area (TPSA) is 6.48 Å². The van der Waals surface area contributed by atoms with Crippen LogP contribution in [0.15, 0.2) is 176 Å². The second-order valence-corrected chi connectivity index (χ2v) is 10.0. The van der Waals surface area contributed by atoms with Gasteiger partial charge in [0.25, 0.3) is 0 Å². The lowest BCUT2D eigenvalue weighted by Gasteiger charge is -2.25. The molecular formula is C39H32N2.